The van der Waals surface area contributed by atoms with Crippen molar-refractivity contribution >= 4 is 6.29 Å². The second kappa shape index (κ2) is 3.44. The second-order valence-electron chi connectivity index (χ2n) is 6.65. The monoisotopic (exact) mass is 264 g/mol. The van der Waals surface area contributed by atoms with Gasteiger partial charge in [-0.1, -0.05) is 5.16 Å². The number of hydrogen-bond donors (Lipinski definition) is 0. The molecule has 4 saturated carbocycles. The lowest BCUT2D eigenvalue weighted by Crippen LogP contribution is -2.45. The van der Waals surface area contributed by atoms with E-state index in [-0.39, 0.29) is 16.7 Å². The zero-order chi connectivity index (χ0) is 13.1. The van der Waals surface area contributed by atoms with Gasteiger partial charge in [0.2, 0.25) is 0 Å². The minimum absolute atomic E-state index is 0.0717. The van der Waals surface area contributed by atoms with Crippen LogP contribution in [0.3, 0.4) is 0 Å². The van der Waals surface area contributed by atoms with Crippen molar-refractivity contribution in [2.75, 3.05) is 0 Å². The van der Waals surface area contributed by atoms with Crippen LogP contribution in [-0.4, -0.2) is 16.4 Å². The number of alkyl halides is 1. The molecule has 0 atom stereocenters. The van der Waals surface area contributed by atoms with Gasteiger partial charge in [-0.3, -0.25) is 0 Å². The van der Waals surface area contributed by atoms with Gasteiger partial charge < -0.3 is 9.32 Å². The maximum absolute atomic E-state index is 13.9. The molecule has 4 nitrogen and oxygen atoms in total. The van der Waals surface area contributed by atoms with Crippen LogP contribution in [0.5, 0.6) is 0 Å². The third-order valence-corrected chi connectivity index (χ3v) is 5.53. The summed E-state index contributed by atoms with van der Waals surface area (Å²) in [5, 5.41) is 4.05. The van der Waals surface area contributed by atoms with Crippen LogP contribution in [0.2, 0.25) is 0 Å². The van der Waals surface area contributed by atoms with Gasteiger partial charge in [0, 0.05) is 10.8 Å². The predicted molar refractivity (Wildman–Crippen MR) is 64.2 cm³/mol. The van der Waals surface area contributed by atoms with Gasteiger partial charge in [0.15, 0.2) is 11.5 Å². The van der Waals surface area contributed by atoms with Crippen molar-refractivity contribution in [1.82, 2.24) is 10.1 Å². The normalized spacial score (nSPS) is 39.2. The zero-order valence-corrected chi connectivity index (χ0v) is 10.8. The molecule has 1 heterocycles. The number of aldehydes is 1. The summed E-state index contributed by atoms with van der Waals surface area (Å²) in [5.41, 5.74) is -1.53. The maximum Gasteiger partial charge on any atom is 0.264 e. The Labute approximate surface area is 110 Å². The molecule has 0 amide bonds. The molecule has 102 valence electrons. The summed E-state index contributed by atoms with van der Waals surface area (Å²) in [6.45, 7) is 0. The minimum atomic E-state index is -1.35. The van der Waals surface area contributed by atoms with E-state index in [1.807, 2.05) is 0 Å². The molecule has 5 rings (SSSR count). The van der Waals surface area contributed by atoms with Gasteiger partial charge >= 0.3 is 0 Å². The van der Waals surface area contributed by atoms with Crippen LogP contribution in [0, 0.1) is 5.41 Å². The van der Waals surface area contributed by atoms with Crippen molar-refractivity contribution in [2.24, 2.45) is 5.41 Å². The van der Waals surface area contributed by atoms with E-state index < -0.39 is 5.67 Å². The molecule has 5 heteroatoms. The Bertz CT molecular complexity index is 511. The number of hydrogen-bond acceptors (Lipinski definition) is 4. The fourth-order valence-corrected chi connectivity index (χ4v) is 3.67. The highest BCUT2D eigenvalue weighted by Crippen LogP contribution is 2.57. The van der Waals surface area contributed by atoms with Gasteiger partial charge in [-0.25, -0.2) is 4.39 Å². The van der Waals surface area contributed by atoms with E-state index in [0.717, 1.165) is 44.8 Å². The molecule has 0 unspecified atom stereocenters. The maximum atomic E-state index is 13.9. The van der Waals surface area contributed by atoms with E-state index in [2.05, 4.69) is 10.1 Å². The highest BCUT2D eigenvalue weighted by Gasteiger charge is 2.54. The summed E-state index contributed by atoms with van der Waals surface area (Å²) in [4.78, 5) is 15.6. The van der Waals surface area contributed by atoms with Crippen molar-refractivity contribution in [1.29, 1.82) is 0 Å². The van der Waals surface area contributed by atoms with E-state index in [4.69, 9.17) is 4.52 Å². The zero-order valence-electron chi connectivity index (χ0n) is 10.8. The highest BCUT2D eigenvalue weighted by molar-refractivity contribution is 5.60. The second-order valence-corrected chi connectivity index (χ2v) is 6.65. The van der Waals surface area contributed by atoms with E-state index in [1.54, 1.807) is 0 Å². The first-order chi connectivity index (χ1) is 9.10. The third-order valence-electron chi connectivity index (χ3n) is 5.53. The van der Waals surface area contributed by atoms with Crippen LogP contribution < -0.4 is 0 Å². The Kier molecular flexibility index (Phi) is 2.09. The first kappa shape index (κ1) is 11.6. The first-order valence-electron chi connectivity index (χ1n) is 7.10. The van der Waals surface area contributed by atoms with Crippen molar-refractivity contribution < 1.29 is 13.7 Å². The Morgan fingerprint density at radius 2 is 1.68 bits per heavy atom. The molecular formula is C14H17FN2O2. The third kappa shape index (κ3) is 1.53. The molecular weight excluding hydrogens is 247 g/mol. The topological polar surface area (TPSA) is 56.0 Å². The number of halogens is 1. The molecule has 4 fully saturated rings. The molecule has 4 aliphatic carbocycles. The molecule has 1 aromatic rings. The fourth-order valence-electron chi connectivity index (χ4n) is 3.67. The van der Waals surface area contributed by atoms with Gasteiger partial charge in [-0.2, -0.15) is 4.98 Å². The number of nitrogens with zero attached hydrogens (tertiary/aromatic N) is 2. The molecule has 2 bridgehead atoms. The van der Waals surface area contributed by atoms with E-state index in [0.29, 0.717) is 18.7 Å². The fraction of sp³-hybridized carbons (Fsp3) is 0.786. The van der Waals surface area contributed by atoms with E-state index >= 15 is 0 Å². The Morgan fingerprint density at radius 3 is 2.21 bits per heavy atom. The lowest BCUT2D eigenvalue weighted by atomic mass is 9.54. The molecule has 4 aliphatic rings. The number of rotatable bonds is 3. The molecule has 0 N–H and O–H groups in total. The molecule has 0 radical (unpaired) electrons. The van der Waals surface area contributed by atoms with Crippen molar-refractivity contribution in [3.8, 4) is 0 Å². The Hall–Kier alpha value is -1.26. The number of fused-ring (bicyclic) bond motifs is 3. The highest BCUT2D eigenvalue weighted by atomic mass is 19.1. The Morgan fingerprint density at radius 1 is 1.05 bits per heavy atom. The average molecular weight is 264 g/mol. The summed E-state index contributed by atoms with van der Waals surface area (Å²) in [7, 11) is 0. The molecule has 19 heavy (non-hydrogen) atoms. The lowest BCUT2D eigenvalue weighted by molar-refractivity contribution is -0.122. The average Bonchev–Trinajstić information content (AvgIpc) is 3.03. The summed E-state index contributed by atoms with van der Waals surface area (Å²) >= 11 is 0. The minimum Gasteiger partial charge on any atom is -0.336 e. The largest absolute Gasteiger partial charge is 0.336 e. The van der Waals surface area contributed by atoms with Crippen molar-refractivity contribution in [3.63, 3.8) is 0 Å². The molecule has 1 aromatic heterocycles. The van der Waals surface area contributed by atoms with Crippen LogP contribution in [0.25, 0.3) is 0 Å². The number of carbonyl (C=O) groups is 1. The van der Waals surface area contributed by atoms with Gasteiger partial charge in [0.1, 0.15) is 6.29 Å². The SMILES string of the molecule is O=CC12CCC(c3noc(C4(F)CC4)n3)(CC1)CC2. The predicted octanol–water partition coefficient (Wildman–Crippen LogP) is 2.82. The van der Waals surface area contributed by atoms with Crippen molar-refractivity contribution in [2.45, 2.75) is 62.5 Å². The summed E-state index contributed by atoms with van der Waals surface area (Å²) in [6.07, 6.45) is 7.60. The van der Waals surface area contributed by atoms with Gasteiger partial charge in [-0.05, 0) is 51.4 Å². The quantitative estimate of drug-likeness (QED) is 0.788. The molecule has 0 aliphatic heterocycles. The lowest BCUT2D eigenvalue weighted by Gasteiger charge is -2.49. The Balaban J connectivity index is 1.63. The van der Waals surface area contributed by atoms with E-state index in [9.17, 15) is 9.18 Å². The molecule has 0 aromatic carbocycles. The van der Waals surface area contributed by atoms with Crippen molar-refractivity contribution in [3.05, 3.63) is 11.7 Å². The summed E-state index contributed by atoms with van der Waals surface area (Å²) < 4.78 is 19.1. The van der Waals surface area contributed by atoms with E-state index in [1.165, 1.54) is 0 Å². The van der Waals surface area contributed by atoms with Gasteiger partial charge in [0.25, 0.3) is 5.89 Å². The van der Waals surface area contributed by atoms with Crippen LogP contribution >= 0.6 is 0 Å². The standard InChI is InChI=1S/C14H17FN2O2/c15-14(7-8-14)11-16-10(17-19-11)13-4-1-12(9-18,2-5-13)3-6-13/h9H,1-8H2. The molecule has 0 spiro atoms. The van der Waals surface area contributed by atoms with Crippen LogP contribution in [0.1, 0.15) is 63.1 Å². The smallest absolute Gasteiger partial charge is 0.264 e. The summed E-state index contributed by atoms with van der Waals surface area (Å²) in [5.74, 6) is 0.834. The number of aromatic nitrogens is 2. The molecule has 0 saturated heterocycles. The number of carbonyl (C=O) groups excluding carboxylic acids is 1. The van der Waals surface area contributed by atoms with Crippen LogP contribution in [-0.2, 0) is 15.9 Å². The van der Waals surface area contributed by atoms with Gasteiger partial charge in [0.05, 0.1) is 0 Å². The van der Waals surface area contributed by atoms with Crippen LogP contribution in [0.4, 0.5) is 4.39 Å². The summed E-state index contributed by atoms with van der Waals surface area (Å²) in [6, 6.07) is 0. The first-order valence-corrected chi connectivity index (χ1v) is 7.10. The van der Waals surface area contributed by atoms with Crippen LogP contribution in [0.15, 0.2) is 4.52 Å². The van der Waals surface area contributed by atoms with Gasteiger partial charge in [-0.15, -0.1) is 0 Å².